The van der Waals surface area contributed by atoms with Gasteiger partial charge in [0.2, 0.25) is 0 Å². The third kappa shape index (κ3) is 6.90. The van der Waals surface area contributed by atoms with E-state index in [0.29, 0.717) is 47.6 Å². The second-order valence-corrected chi connectivity index (χ2v) is 11.2. The summed E-state index contributed by atoms with van der Waals surface area (Å²) in [5, 5.41) is 1.21. The summed E-state index contributed by atoms with van der Waals surface area (Å²) in [5.74, 6) is 1.18. The van der Waals surface area contributed by atoms with Crippen LogP contribution in [0.2, 0.25) is 10.0 Å². The topological polar surface area (TPSA) is 57.2 Å². The minimum Gasteiger partial charge on any atom is -0.493 e. The van der Waals surface area contributed by atoms with Crippen molar-refractivity contribution in [2.45, 2.75) is 57.1 Å². The Balaban J connectivity index is 1.71. The van der Waals surface area contributed by atoms with E-state index in [1.54, 1.807) is 20.3 Å². The largest absolute Gasteiger partial charge is 0.493 e. The van der Waals surface area contributed by atoms with E-state index in [1.807, 2.05) is 78.6 Å². The predicted octanol–water partition coefficient (Wildman–Crippen LogP) is 7.98. The average Bonchev–Trinajstić information content (AvgIpc) is 2.97. The Kier molecular flexibility index (Phi) is 10.4. The maximum Gasteiger partial charge on any atom is 0.255 e. The molecule has 4 atom stereocenters. The molecule has 1 aliphatic heterocycles. The van der Waals surface area contributed by atoms with Crippen LogP contribution in [0.4, 0.5) is 0 Å². The molecule has 8 heteroatoms. The normalized spacial score (nSPS) is 21.4. The van der Waals surface area contributed by atoms with Crippen LogP contribution in [0.3, 0.4) is 0 Å². The zero-order chi connectivity index (χ0) is 29.6. The Labute approximate surface area is 252 Å². The van der Waals surface area contributed by atoms with Crippen molar-refractivity contribution >= 4 is 29.1 Å². The number of hydrogen-bond acceptors (Lipinski definition) is 5. The van der Waals surface area contributed by atoms with Gasteiger partial charge in [0.05, 0.1) is 39.5 Å². The Morgan fingerprint density at radius 3 is 2.37 bits per heavy atom. The molecule has 1 fully saturated rings. The van der Waals surface area contributed by atoms with Crippen molar-refractivity contribution in [2.75, 3.05) is 20.8 Å². The molecule has 3 aromatic carbocycles. The number of morpholine rings is 1. The van der Waals surface area contributed by atoms with Crippen molar-refractivity contribution in [1.82, 2.24) is 4.90 Å². The standard InChI is InChI=1S/C33H37Cl2NO5/c1-6-17-33(3)32(37)36(27(7-2)21-40-20-22-11-16-28(38-4)29(18-22)39-5)30(23-12-14-25(34)15-13-23)31(41-33)24-9-8-10-26(35)19-24/h6,8-16,18-19,27,30-31H,1,7,17,20-21H2,2-5H3. The van der Waals surface area contributed by atoms with Crippen LogP contribution in [0.15, 0.2) is 79.4 Å². The molecule has 4 unspecified atom stereocenters. The van der Waals surface area contributed by atoms with Crippen LogP contribution < -0.4 is 9.47 Å². The summed E-state index contributed by atoms with van der Waals surface area (Å²) >= 11 is 12.7. The zero-order valence-electron chi connectivity index (χ0n) is 23.9. The maximum atomic E-state index is 14.3. The lowest BCUT2D eigenvalue weighted by atomic mass is 9.86. The van der Waals surface area contributed by atoms with Crippen LogP contribution in [-0.4, -0.2) is 43.3 Å². The fourth-order valence-electron chi connectivity index (χ4n) is 5.35. The van der Waals surface area contributed by atoms with Crippen LogP contribution in [0.25, 0.3) is 0 Å². The van der Waals surface area contributed by atoms with Crippen molar-refractivity contribution in [2.24, 2.45) is 0 Å². The van der Waals surface area contributed by atoms with E-state index in [4.69, 9.17) is 42.1 Å². The fraction of sp³-hybridized carbons (Fsp3) is 0.364. The number of ether oxygens (including phenoxy) is 4. The van der Waals surface area contributed by atoms with Gasteiger partial charge in [-0.05, 0) is 66.4 Å². The molecule has 0 N–H and O–H groups in total. The third-order valence-electron chi connectivity index (χ3n) is 7.47. The lowest BCUT2D eigenvalue weighted by Crippen LogP contribution is -2.60. The first-order valence-electron chi connectivity index (χ1n) is 13.7. The number of rotatable bonds is 12. The quantitative estimate of drug-likeness (QED) is 0.198. The van der Waals surface area contributed by atoms with Crippen molar-refractivity contribution in [3.8, 4) is 11.5 Å². The molecule has 218 valence electrons. The molecule has 1 aliphatic rings. The number of methoxy groups -OCH3 is 2. The number of carbonyl (C=O) groups excluding carboxylic acids is 1. The maximum absolute atomic E-state index is 14.3. The van der Waals surface area contributed by atoms with Gasteiger partial charge >= 0.3 is 0 Å². The fourth-order valence-corrected chi connectivity index (χ4v) is 5.68. The Hall–Kier alpha value is -3.03. The van der Waals surface area contributed by atoms with Crippen LogP contribution in [0, 0.1) is 0 Å². The number of benzene rings is 3. The molecular weight excluding hydrogens is 561 g/mol. The summed E-state index contributed by atoms with van der Waals surface area (Å²) in [6, 6.07) is 20.2. The number of halogens is 2. The molecule has 0 saturated carbocycles. The van der Waals surface area contributed by atoms with Crippen LogP contribution >= 0.6 is 23.2 Å². The Morgan fingerprint density at radius 2 is 1.73 bits per heavy atom. The monoisotopic (exact) mass is 597 g/mol. The summed E-state index contributed by atoms with van der Waals surface area (Å²) in [7, 11) is 3.21. The molecule has 0 aliphatic carbocycles. The minimum atomic E-state index is -1.12. The number of hydrogen-bond donors (Lipinski definition) is 0. The van der Waals surface area contributed by atoms with Gasteiger partial charge in [0.15, 0.2) is 11.5 Å². The van der Waals surface area contributed by atoms with E-state index < -0.39 is 17.7 Å². The summed E-state index contributed by atoms with van der Waals surface area (Å²) < 4.78 is 23.7. The highest BCUT2D eigenvalue weighted by Gasteiger charge is 2.52. The van der Waals surface area contributed by atoms with Crippen molar-refractivity contribution in [3.05, 3.63) is 106 Å². The first kappa shape index (κ1) is 30.9. The van der Waals surface area contributed by atoms with E-state index in [-0.39, 0.29) is 11.9 Å². The molecule has 0 aromatic heterocycles. The molecule has 1 saturated heterocycles. The molecule has 1 amide bonds. The Bertz CT molecular complexity index is 1350. The van der Waals surface area contributed by atoms with E-state index in [1.165, 1.54) is 0 Å². The molecule has 0 spiro atoms. The molecule has 0 bridgehead atoms. The van der Waals surface area contributed by atoms with Gasteiger partial charge in [0.25, 0.3) is 5.91 Å². The van der Waals surface area contributed by atoms with E-state index in [0.717, 1.165) is 16.7 Å². The van der Waals surface area contributed by atoms with Gasteiger partial charge in [0.1, 0.15) is 11.7 Å². The van der Waals surface area contributed by atoms with E-state index in [2.05, 4.69) is 13.5 Å². The number of amides is 1. The predicted molar refractivity (Wildman–Crippen MR) is 163 cm³/mol. The summed E-state index contributed by atoms with van der Waals surface area (Å²) in [6.07, 6.45) is 2.27. The van der Waals surface area contributed by atoms with Crippen LogP contribution in [0.1, 0.15) is 55.5 Å². The lowest BCUT2D eigenvalue weighted by molar-refractivity contribution is -0.204. The summed E-state index contributed by atoms with van der Waals surface area (Å²) in [4.78, 5) is 16.3. The highest BCUT2D eigenvalue weighted by atomic mass is 35.5. The SMILES string of the molecule is C=CCC1(C)OC(c2cccc(Cl)c2)C(c2ccc(Cl)cc2)N(C(CC)COCc2ccc(OC)c(OC)c2)C1=O. The highest BCUT2D eigenvalue weighted by molar-refractivity contribution is 6.30. The van der Waals surface area contributed by atoms with Crippen LogP contribution in [0.5, 0.6) is 11.5 Å². The average molecular weight is 599 g/mol. The number of carbonyl (C=O) groups is 1. The molecular formula is C33H37Cl2NO5. The van der Waals surface area contributed by atoms with E-state index >= 15 is 0 Å². The second-order valence-electron chi connectivity index (χ2n) is 10.3. The van der Waals surface area contributed by atoms with E-state index in [9.17, 15) is 4.79 Å². The van der Waals surface area contributed by atoms with Crippen molar-refractivity contribution < 1.29 is 23.7 Å². The van der Waals surface area contributed by atoms with Gasteiger partial charge in [0, 0.05) is 16.5 Å². The molecule has 41 heavy (non-hydrogen) atoms. The van der Waals surface area contributed by atoms with Crippen molar-refractivity contribution in [3.63, 3.8) is 0 Å². The summed E-state index contributed by atoms with van der Waals surface area (Å²) in [5.41, 5.74) is 1.61. The van der Waals surface area contributed by atoms with Gasteiger partial charge in [-0.2, -0.15) is 0 Å². The molecule has 0 radical (unpaired) electrons. The second kappa shape index (κ2) is 13.8. The smallest absolute Gasteiger partial charge is 0.255 e. The first-order chi connectivity index (χ1) is 19.7. The number of nitrogens with zero attached hydrogens (tertiary/aromatic N) is 1. The molecule has 4 rings (SSSR count). The van der Waals surface area contributed by atoms with Crippen LogP contribution in [-0.2, 0) is 20.9 Å². The molecule has 1 heterocycles. The lowest BCUT2D eigenvalue weighted by Gasteiger charge is -2.51. The van der Waals surface area contributed by atoms with Gasteiger partial charge in [-0.1, -0.05) is 66.5 Å². The third-order valence-corrected chi connectivity index (χ3v) is 7.96. The van der Waals surface area contributed by atoms with Gasteiger partial charge in [-0.25, -0.2) is 0 Å². The van der Waals surface area contributed by atoms with Gasteiger partial charge in [-0.15, -0.1) is 6.58 Å². The van der Waals surface area contributed by atoms with Gasteiger partial charge < -0.3 is 23.8 Å². The molecule has 3 aromatic rings. The molecule has 6 nitrogen and oxygen atoms in total. The first-order valence-corrected chi connectivity index (χ1v) is 14.4. The zero-order valence-corrected chi connectivity index (χ0v) is 25.5. The van der Waals surface area contributed by atoms with Gasteiger partial charge in [-0.3, -0.25) is 4.79 Å². The summed E-state index contributed by atoms with van der Waals surface area (Å²) in [6.45, 7) is 8.47. The highest BCUT2D eigenvalue weighted by Crippen LogP contribution is 2.48. The minimum absolute atomic E-state index is 0.114. The van der Waals surface area contributed by atoms with Crippen molar-refractivity contribution in [1.29, 1.82) is 0 Å². The Morgan fingerprint density at radius 1 is 1.00 bits per heavy atom.